The van der Waals surface area contributed by atoms with Gasteiger partial charge in [-0.15, -0.1) is 21.5 Å². The lowest BCUT2D eigenvalue weighted by atomic mass is 10.1. The second-order valence-electron chi connectivity index (χ2n) is 5.27. The number of aryl methyl sites for hydroxylation is 1. The van der Waals surface area contributed by atoms with Gasteiger partial charge in [0.2, 0.25) is 11.7 Å². The number of thiophene rings is 1. The Morgan fingerprint density at radius 3 is 2.68 bits per heavy atom. The minimum atomic E-state index is -0.590. The molecule has 0 saturated heterocycles. The lowest BCUT2D eigenvalue weighted by Gasteiger charge is -2.03. The van der Waals surface area contributed by atoms with Gasteiger partial charge in [0, 0.05) is 5.56 Å². The molecule has 0 fully saturated rings. The molecular weight excluding hydrogens is 340 g/mol. The van der Waals surface area contributed by atoms with Crippen molar-refractivity contribution in [1.82, 2.24) is 20.2 Å². The summed E-state index contributed by atoms with van der Waals surface area (Å²) >= 11 is 1.22. The molecule has 0 aliphatic carbocycles. The normalized spacial score (nSPS) is 10.6. The molecule has 3 N–H and O–H groups in total. The maximum Gasteiger partial charge on any atom is 0.251 e. The van der Waals surface area contributed by atoms with Crippen LogP contribution in [0.3, 0.4) is 0 Å². The van der Waals surface area contributed by atoms with Gasteiger partial charge in [-0.2, -0.15) is 4.80 Å². The summed E-state index contributed by atoms with van der Waals surface area (Å²) < 4.78 is 0. The fraction of sp³-hybridized carbons (Fsp3) is 0.188. The third kappa shape index (κ3) is 3.89. The highest BCUT2D eigenvalue weighted by Crippen LogP contribution is 2.22. The van der Waals surface area contributed by atoms with Crippen LogP contribution in [0.1, 0.15) is 22.8 Å². The number of tetrazole rings is 1. The Balaban J connectivity index is 1.67. The monoisotopic (exact) mass is 356 g/mol. The first kappa shape index (κ1) is 16.8. The number of rotatable bonds is 6. The molecule has 3 aromatic rings. The first-order chi connectivity index (χ1) is 12.1. The zero-order chi connectivity index (χ0) is 17.8. The van der Waals surface area contributed by atoms with Gasteiger partial charge in [-0.25, -0.2) is 0 Å². The van der Waals surface area contributed by atoms with Crippen LogP contribution in [0.4, 0.5) is 5.00 Å². The number of amides is 2. The van der Waals surface area contributed by atoms with E-state index in [-0.39, 0.29) is 18.0 Å². The molecule has 0 bridgehead atoms. The molecule has 25 heavy (non-hydrogen) atoms. The van der Waals surface area contributed by atoms with Crippen LogP contribution in [0.25, 0.3) is 11.4 Å². The summed E-state index contributed by atoms with van der Waals surface area (Å²) in [5.74, 6) is -0.507. The maximum atomic E-state index is 12.1. The molecule has 0 unspecified atom stereocenters. The number of nitrogens with two attached hydrogens (primary N) is 1. The van der Waals surface area contributed by atoms with Crippen LogP contribution in [0.15, 0.2) is 35.7 Å². The third-order valence-electron chi connectivity index (χ3n) is 3.54. The van der Waals surface area contributed by atoms with Gasteiger partial charge in [-0.1, -0.05) is 31.2 Å². The van der Waals surface area contributed by atoms with E-state index in [0.29, 0.717) is 10.8 Å². The van der Waals surface area contributed by atoms with E-state index in [9.17, 15) is 9.59 Å². The van der Waals surface area contributed by atoms with Gasteiger partial charge in [0.15, 0.2) is 0 Å². The van der Waals surface area contributed by atoms with Crippen LogP contribution in [0, 0.1) is 0 Å². The minimum Gasteiger partial charge on any atom is -0.366 e. The maximum absolute atomic E-state index is 12.1. The number of aromatic nitrogens is 4. The van der Waals surface area contributed by atoms with E-state index in [4.69, 9.17) is 5.73 Å². The predicted molar refractivity (Wildman–Crippen MR) is 94.1 cm³/mol. The molecule has 0 radical (unpaired) electrons. The van der Waals surface area contributed by atoms with Crippen LogP contribution in [0.5, 0.6) is 0 Å². The highest BCUT2D eigenvalue weighted by molar-refractivity contribution is 7.14. The fourth-order valence-corrected chi connectivity index (χ4v) is 3.02. The van der Waals surface area contributed by atoms with E-state index in [0.717, 1.165) is 12.0 Å². The second-order valence-corrected chi connectivity index (χ2v) is 6.19. The molecule has 2 amide bonds. The van der Waals surface area contributed by atoms with Crippen molar-refractivity contribution in [3.63, 3.8) is 0 Å². The minimum absolute atomic E-state index is 0.115. The number of hydrogen-bond donors (Lipinski definition) is 2. The lowest BCUT2D eigenvalue weighted by molar-refractivity contribution is -0.117. The van der Waals surface area contributed by atoms with Crippen molar-refractivity contribution in [2.24, 2.45) is 5.73 Å². The molecule has 8 nitrogen and oxygen atoms in total. The lowest BCUT2D eigenvalue weighted by Crippen LogP contribution is -2.22. The molecule has 2 aromatic heterocycles. The van der Waals surface area contributed by atoms with E-state index in [2.05, 4.69) is 27.7 Å². The average Bonchev–Trinajstić information content (AvgIpc) is 3.24. The molecule has 0 atom stereocenters. The Hall–Kier alpha value is -3.07. The number of nitrogens with zero attached hydrogens (tertiary/aromatic N) is 4. The van der Waals surface area contributed by atoms with Gasteiger partial charge >= 0.3 is 0 Å². The molecule has 9 heteroatoms. The first-order valence-corrected chi connectivity index (χ1v) is 8.49. The van der Waals surface area contributed by atoms with E-state index >= 15 is 0 Å². The number of benzene rings is 1. The van der Waals surface area contributed by atoms with Crippen LogP contribution in [-0.2, 0) is 17.8 Å². The first-order valence-electron chi connectivity index (χ1n) is 7.61. The molecule has 3 rings (SSSR count). The number of hydrogen-bond acceptors (Lipinski definition) is 6. The van der Waals surface area contributed by atoms with Crippen molar-refractivity contribution in [3.8, 4) is 11.4 Å². The summed E-state index contributed by atoms with van der Waals surface area (Å²) in [7, 11) is 0. The Morgan fingerprint density at radius 1 is 1.24 bits per heavy atom. The van der Waals surface area contributed by atoms with Crippen LogP contribution < -0.4 is 11.1 Å². The van der Waals surface area contributed by atoms with Gasteiger partial charge in [-0.3, -0.25) is 9.59 Å². The number of carbonyl (C=O) groups excluding carboxylic acids is 2. The average molecular weight is 356 g/mol. The molecule has 0 aliphatic heterocycles. The zero-order valence-electron chi connectivity index (χ0n) is 13.5. The van der Waals surface area contributed by atoms with E-state index < -0.39 is 5.91 Å². The highest BCUT2D eigenvalue weighted by Gasteiger charge is 2.14. The SMILES string of the molecule is CCc1ccc(-c2nnn(CC(=O)Nc3sccc3C(N)=O)n2)cc1. The van der Waals surface area contributed by atoms with Crippen molar-refractivity contribution in [2.45, 2.75) is 19.9 Å². The standard InChI is InChI=1S/C16H16N6O2S/c1-2-10-3-5-11(6-4-10)15-19-21-22(20-15)9-13(23)18-16-12(14(17)24)7-8-25-16/h3-8H,2,9H2,1H3,(H2,17,24)(H,18,23). The van der Waals surface area contributed by atoms with E-state index in [1.807, 2.05) is 24.3 Å². The Labute approximate surface area is 147 Å². The van der Waals surface area contributed by atoms with Crippen molar-refractivity contribution in [1.29, 1.82) is 0 Å². The molecule has 128 valence electrons. The summed E-state index contributed by atoms with van der Waals surface area (Å²) in [6, 6.07) is 9.42. The van der Waals surface area contributed by atoms with Crippen molar-refractivity contribution < 1.29 is 9.59 Å². The smallest absolute Gasteiger partial charge is 0.251 e. The van der Waals surface area contributed by atoms with Gasteiger partial charge < -0.3 is 11.1 Å². The highest BCUT2D eigenvalue weighted by atomic mass is 32.1. The molecule has 2 heterocycles. The van der Waals surface area contributed by atoms with Gasteiger partial charge in [0.1, 0.15) is 11.5 Å². The number of primary amides is 1. The summed E-state index contributed by atoms with van der Waals surface area (Å²) in [6.07, 6.45) is 0.955. The summed E-state index contributed by atoms with van der Waals surface area (Å²) in [4.78, 5) is 24.6. The molecule has 1 aromatic carbocycles. The molecule has 0 spiro atoms. The van der Waals surface area contributed by atoms with Crippen molar-refractivity contribution >= 4 is 28.2 Å². The Kier molecular flexibility index (Phi) is 4.85. The fourth-order valence-electron chi connectivity index (χ4n) is 2.21. The number of anilines is 1. The summed E-state index contributed by atoms with van der Waals surface area (Å²) in [5.41, 5.74) is 7.58. The Bertz CT molecular complexity index is 900. The molecule has 0 saturated carbocycles. The molecule has 0 aliphatic rings. The third-order valence-corrected chi connectivity index (χ3v) is 4.37. The van der Waals surface area contributed by atoms with Gasteiger partial charge in [0.25, 0.3) is 5.91 Å². The van der Waals surface area contributed by atoms with E-state index in [1.54, 1.807) is 11.4 Å². The van der Waals surface area contributed by atoms with E-state index in [1.165, 1.54) is 21.7 Å². The van der Waals surface area contributed by atoms with Crippen molar-refractivity contribution in [2.75, 3.05) is 5.32 Å². The second kappa shape index (κ2) is 7.22. The quantitative estimate of drug-likeness (QED) is 0.697. The Morgan fingerprint density at radius 2 is 2.00 bits per heavy atom. The van der Waals surface area contributed by atoms with Crippen molar-refractivity contribution in [3.05, 3.63) is 46.8 Å². The van der Waals surface area contributed by atoms with Gasteiger partial charge in [-0.05, 0) is 28.6 Å². The zero-order valence-corrected chi connectivity index (χ0v) is 14.3. The van der Waals surface area contributed by atoms with Crippen LogP contribution in [0.2, 0.25) is 0 Å². The number of nitrogens with one attached hydrogen (secondary N) is 1. The molecular formula is C16H16N6O2S. The topological polar surface area (TPSA) is 116 Å². The number of carbonyl (C=O) groups is 2. The van der Waals surface area contributed by atoms with Crippen LogP contribution >= 0.6 is 11.3 Å². The largest absolute Gasteiger partial charge is 0.366 e. The predicted octanol–water partition coefficient (Wildman–Crippen LogP) is 1.70. The van der Waals surface area contributed by atoms with Crippen LogP contribution in [-0.4, -0.2) is 32.0 Å². The van der Waals surface area contributed by atoms with Gasteiger partial charge in [0.05, 0.1) is 5.56 Å². The summed E-state index contributed by atoms with van der Waals surface area (Å²) in [6.45, 7) is 1.97. The summed E-state index contributed by atoms with van der Waals surface area (Å²) in [5, 5.41) is 16.8.